The van der Waals surface area contributed by atoms with Crippen molar-refractivity contribution < 1.29 is 38.4 Å². The zero-order valence-corrected chi connectivity index (χ0v) is 21.7. The fourth-order valence-electron chi connectivity index (χ4n) is 6.31. The first-order valence-corrected chi connectivity index (χ1v) is 12.8. The summed E-state index contributed by atoms with van der Waals surface area (Å²) in [6.45, 7) is 7.61. The van der Waals surface area contributed by atoms with Crippen molar-refractivity contribution in [1.82, 2.24) is 4.90 Å². The number of carbonyl (C=O) groups excluding carboxylic acids is 2. The molecule has 0 unspecified atom stereocenters. The van der Waals surface area contributed by atoms with Crippen LogP contribution in [0.2, 0.25) is 0 Å². The number of esters is 2. The van der Waals surface area contributed by atoms with E-state index in [4.69, 9.17) is 23.7 Å². The largest absolute Gasteiger partial charge is 0.497 e. The summed E-state index contributed by atoms with van der Waals surface area (Å²) >= 11 is 0. The van der Waals surface area contributed by atoms with Crippen molar-refractivity contribution in [2.24, 2.45) is 0 Å². The lowest BCUT2D eigenvalue weighted by Crippen LogP contribution is -2.49. The van der Waals surface area contributed by atoms with Gasteiger partial charge in [0.1, 0.15) is 5.76 Å². The Morgan fingerprint density at radius 1 is 1.24 bits per heavy atom. The number of aliphatic hydroxyl groups is 1. The van der Waals surface area contributed by atoms with Gasteiger partial charge in [0, 0.05) is 6.54 Å². The summed E-state index contributed by atoms with van der Waals surface area (Å²) in [5, 5.41) is 11.4. The van der Waals surface area contributed by atoms with Crippen LogP contribution in [0, 0.1) is 0 Å². The van der Waals surface area contributed by atoms with Gasteiger partial charge in [-0.25, -0.2) is 4.79 Å². The van der Waals surface area contributed by atoms with E-state index in [2.05, 4.69) is 17.6 Å². The van der Waals surface area contributed by atoms with E-state index in [9.17, 15) is 14.7 Å². The lowest BCUT2D eigenvalue weighted by atomic mass is 9.77. The van der Waals surface area contributed by atoms with Gasteiger partial charge in [-0.15, -0.1) is 6.58 Å². The molecule has 9 heteroatoms. The Bertz CT molecular complexity index is 1150. The number of ether oxygens (including phenoxy) is 5. The molecule has 1 aromatic carbocycles. The molecule has 9 nitrogen and oxygen atoms in total. The van der Waals surface area contributed by atoms with E-state index < -0.39 is 35.6 Å². The highest BCUT2D eigenvalue weighted by Crippen LogP contribution is 2.55. The van der Waals surface area contributed by atoms with E-state index in [0.717, 1.165) is 49.1 Å². The van der Waals surface area contributed by atoms with Crippen molar-refractivity contribution in [2.45, 2.75) is 68.6 Å². The van der Waals surface area contributed by atoms with E-state index in [1.54, 1.807) is 14.0 Å². The van der Waals surface area contributed by atoms with Crippen LogP contribution in [0.15, 0.2) is 36.1 Å². The Morgan fingerprint density at radius 3 is 2.70 bits per heavy atom. The summed E-state index contributed by atoms with van der Waals surface area (Å²) in [7, 11) is 2.79. The molecule has 0 radical (unpaired) electrons. The summed E-state index contributed by atoms with van der Waals surface area (Å²) in [5.41, 5.74) is 0.463. The maximum Gasteiger partial charge on any atom is 0.339 e. The summed E-state index contributed by atoms with van der Waals surface area (Å²) in [4.78, 5) is 28.2. The summed E-state index contributed by atoms with van der Waals surface area (Å²) in [5.74, 6) is 0.0790. The normalized spacial score (nSPS) is 27.2. The predicted octanol–water partition coefficient (Wildman–Crippen LogP) is 3.00. The number of carbonyl (C=O) groups is 2. The molecule has 3 heterocycles. The summed E-state index contributed by atoms with van der Waals surface area (Å²) in [6, 6.07) is 4.03. The van der Waals surface area contributed by atoms with E-state index in [1.165, 1.54) is 7.11 Å². The third kappa shape index (κ3) is 4.38. The zero-order chi connectivity index (χ0) is 26.4. The number of hydrogen-bond acceptors (Lipinski definition) is 9. The van der Waals surface area contributed by atoms with Crippen molar-refractivity contribution in [3.63, 3.8) is 0 Å². The average Bonchev–Trinajstić information content (AvgIpc) is 3.56. The highest BCUT2D eigenvalue weighted by atomic mass is 16.7. The highest BCUT2D eigenvalue weighted by Gasteiger charge is 2.59. The smallest absolute Gasteiger partial charge is 0.339 e. The molecular weight excluding hydrogens is 478 g/mol. The van der Waals surface area contributed by atoms with Gasteiger partial charge >= 0.3 is 11.9 Å². The SMILES string of the molecule is C=C(C)CC[C@@](O)(CC(=O)OC)C(=O)O[C@@H]1C(OC)=C[C@]23CCCN2CCc2cc4c(cc2[C@H]13)OCO4. The third-order valence-electron chi connectivity index (χ3n) is 8.21. The Kier molecular flexibility index (Phi) is 6.70. The van der Waals surface area contributed by atoms with E-state index in [-0.39, 0.29) is 19.1 Å². The van der Waals surface area contributed by atoms with Gasteiger partial charge in [0.15, 0.2) is 23.2 Å². The summed E-state index contributed by atoms with van der Waals surface area (Å²) < 4.78 is 28.0. The maximum atomic E-state index is 13.6. The molecule has 4 atom stereocenters. The number of fused-ring (bicyclic) bond motifs is 3. The van der Waals surface area contributed by atoms with Gasteiger partial charge in [0.05, 0.1) is 32.1 Å². The van der Waals surface area contributed by atoms with Crippen LogP contribution in [0.1, 0.15) is 56.1 Å². The molecule has 5 rings (SSSR count). The molecule has 4 aliphatic rings. The topological polar surface area (TPSA) is 104 Å². The number of benzene rings is 1. The van der Waals surface area contributed by atoms with Crippen molar-refractivity contribution in [3.8, 4) is 11.5 Å². The van der Waals surface area contributed by atoms with Crippen LogP contribution in [0.4, 0.5) is 0 Å². The second kappa shape index (κ2) is 9.68. The molecule has 0 aromatic heterocycles. The summed E-state index contributed by atoms with van der Waals surface area (Å²) in [6.07, 6.45) is 3.86. The molecule has 1 aliphatic carbocycles. The van der Waals surface area contributed by atoms with Crippen LogP contribution in [0.25, 0.3) is 0 Å². The second-order valence-corrected chi connectivity index (χ2v) is 10.5. The minimum atomic E-state index is -2.06. The van der Waals surface area contributed by atoms with Crippen LogP contribution in [-0.4, -0.2) is 73.3 Å². The second-order valence-electron chi connectivity index (χ2n) is 10.5. The van der Waals surface area contributed by atoms with Gasteiger partial charge in [-0.2, -0.15) is 0 Å². The Balaban J connectivity index is 1.54. The number of allylic oxidation sites excluding steroid dienone is 1. The fraction of sp³-hybridized carbons (Fsp3) is 0.571. The molecule has 1 spiro atoms. The van der Waals surface area contributed by atoms with Crippen LogP contribution in [-0.2, 0) is 30.2 Å². The van der Waals surface area contributed by atoms with Crippen LogP contribution in [0.5, 0.6) is 11.5 Å². The van der Waals surface area contributed by atoms with Gasteiger partial charge in [-0.3, -0.25) is 9.69 Å². The number of hydrogen-bond donors (Lipinski definition) is 1. The fourth-order valence-corrected chi connectivity index (χ4v) is 6.31. The van der Waals surface area contributed by atoms with Crippen molar-refractivity contribution in [1.29, 1.82) is 0 Å². The average molecular weight is 514 g/mol. The number of rotatable bonds is 8. The zero-order valence-electron chi connectivity index (χ0n) is 21.7. The van der Waals surface area contributed by atoms with Crippen LogP contribution < -0.4 is 9.47 Å². The van der Waals surface area contributed by atoms with Crippen molar-refractivity contribution >= 4 is 11.9 Å². The lowest BCUT2D eigenvalue weighted by molar-refractivity contribution is -0.178. The standard InChI is InChI=1S/C28H35NO8/c1-17(2)6-9-28(32,15-23(30)34-4)26(31)37-25-22(33-3)14-27-8-5-10-29(27)11-7-18-12-20-21(36-16-35-20)13-19(18)24(25)27/h12-14,24-25,32H,1,5-11,15-16H2,2-4H3/t24-,25-,27+,28-/m1/s1. The minimum Gasteiger partial charge on any atom is -0.497 e. The van der Waals surface area contributed by atoms with Gasteiger partial charge in [0.2, 0.25) is 6.79 Å². The van der Waals surface area contributed by atoms with Gasteiger partial charge < -0.3 is 28.8 Å². The third-order valence-corrected chi connectivity index (χ3v) is 8.21. The Labute approximate surface area is 217 Å². The van der Waals surface area contributed by atoms with Crippen LogP contribution in [0.3, 0.4) is 0 Å². The van der Waals surface area contributed by atoms with Crippen LogP contribution >= 0.6 is 0 Å². The first-order chi connectivity index (χ1) is 17.7. The van der Waals surface area contributed by atoms with E-state index in [0.29, 0.717) is 23.7 Å². The molecular formula is C28H35NO8. The van der Waals surface area contributed by atoms with Gasteiger partial charge in [-0.1, -0.05) is 5.57 Å². The van der Waals surface area contributed by atoms with Crippen molar-refractivity contribution in [3.05, 3.63) is 47.2 Å². The van der Waals surface area contributed by atoms with E-state index in [1.807, 2.05) is 12.1 Å². The molecule has 1 fully saturated rings. The molecule has 0 saturated carbocycles. The lowest BCUT2D eigenvalue weighted by Gasteiger charge is -2.39. The number of nitrogens with zero attached hydrogens (tertiary/aromatic N) is 1. The molecule has 0 amide bonds. The van der Waals surface area contributed by atoms with Crippen molar-refractivity contribution in [2.75, 3.05) is 34.1 Å². The van der Waals surface area contributed by atoms with Gasteiger partial charge in [0.25, 0.3) is 0 Å². The highest BCUT2D eigenvalue weighted by molar-refractivity contribution is 5.86. The Hall–Kier alpha value is -3.04. The van der Waals surface area contributed by atoms with E-state index >= 15 is 0 Å². The molecule has 1 N–H and O–H groups in total. The maximum absolute atomic E-state index is 13.6. The molecule has 37 heavy (non-hydrogen) atoms. The monoisotopic (exact) mass is 513 g/mol. The molecule has 200 valence electrons. The molecule has 1 aromatic rings. The Morgan fingerprint density at radius 2 is 2.00 bits per heavy atom. The minimum absolute atomic E-state index is 0.00771. The first-order valence-electron chi connectivity index (χ1n) is 12.8. The molecule has 1 saturated heterocycles. The van der Waals surface area contributed by atoms with Gasteiger partial charge in [-0.05, 0) is 74.9 Å². The first kappa shape index (κ1) is 25.6. The number of methoxy groups -OCH3 is 2. The molecule has 0 bridgehead atoms. The predicted molar refractivity (Wildman–Crippen MR) is 133 cm³/mol. The quantitative estimate of drug-likeness (QED) is 0.415. The molecule has 3 aliphatic heterocycles.